The van der Waals surface area contributed by atoms with Crippen molar-refractivity contribution < 1.29 is 14.3 Å². The molecule has 0 aliphatic heterocycles. The van der Waals surface area contributed by atoms with Gasteiger partial charge >= 0.3 is 6.09 Å². The van der Waals surface area contributed by atoms with E-state index in [1.54, 1.807) is 33.0 Å². The van der Waals surface area contributed by atoms with Crippen molar-refractivity contribution in [3.8, 4) is 5.75 Å². The summed E-state index contributed by atoms with van der Waals surface area (Å²) in [6.07, 6.45) is 1.10. The molecule has 112 valence electrons. The van der Waals surface area contributed by atoms with E-state index in [9.17, 15) is 4.79 Å². The number of pyridine rings is 1. The van der Waals surface area contributed by atoms with Crippen LogP contribution in [0.1, 0.15) is 27.7 Å². The molecule has 1 aromatic heterocycles. The van der Waals surface area contributed by atoms with E-state index in [0.717, 1.165) is 4.47 Å². The summed E-state index contributed by atoms with van der Waals surface area (Å²) in [4.78, 5) is 15.5. The Morgan fingerprint density at radius 1 is 1.55 bits per heavy atom. The molecule has 0 aliphatic carbocycles. The Morgan fingerprint density at radius 3 is 2.80 bits per heavy atom. The average Bonchev–Trinajstić information content (AvgIpc) is 2.27. The Balaban J connectivity index is 2.45. The first kappa shape index (κ1) is 17.0. The first-order valence-corrected chi connectivity index (χ1v) is 7.28. The molecule has 1 N–H and O–H groups in total. The van der Waals surface area contributed by atoms with E-state index in [1.165, 1.54) is 0 Å². The van der Waals surface area contributed by atoms with Crippen molar-refractivity contribution in [3.05, 3.63) is 21.9 Å². The molecule has 0 aliphatic rings. The summed E-state index contributed by atoms with van der Waals surface area (Å²) in [6.45, 7) is 7.49. The minimum atomic E-state index is -0.526. The molecule has 1 aromatic rings. The number of hydrogen-bond acceptors (Lipinski definition) is 4. The number of ether oxygens (including phenoxy) is 2. The van der Waals surface area contributed by atoms with Crippen molar-refractivity contribution in [1.29, 1.82) is 0 Å². The van der Waals surface area contributed by atoms with Gasteiger partial charge in [-0.05, 0) is 49.7 Å². The maximum absolute atomic E-state index is 11.6. The molecule has 1 heterocycles. The summed E-state index contributed by atoms with van der Waals surface area (Å²) in [5.41, 5.74) is -0.526. The van der Waals surface area contributed by atoms with Gasteiger partial charge in [0.05, 0.1) is 6.04 Å². The maximum Gasteiger partial charge on any atom is 0.407 e. The van der Waals surface area contributed by atoms with Gasteiger partial charge in [0.25, 0.3) is 0 Å². The first-order chi connectivity index (χ1) is 9.17. The highest BCUT2D eigenvalue weighted by Gasteiger charge is 2.18. The molecule has 0 saturated heterocycles. The number of nitrogens with one attached hydrogen (secondary N) is 1. The second-order valence-electron chi connectivity index (χ2n) is 5.30. The quantitative estimate of drug-likeness (QED) is 0.825. The zero-order valence-corrected chi connectivity index (χ0v) is 14.2. The van der Waals surface area contributed by atoms with Crippen molar-refractivity contribution in [2.24, 2.45) is 0 Å². The lowest BCUT2D eigenvalue weighted by molar-refractivity contribution is 0.0494. The van der Waals surface area contributed by atoms with Crippen molar-refractivity contribution >= 4 is 33.6 Å². The molecule has 0 aromatic carbocycles. The Bertz CT molecular complexity index is 477. The second-order valence-corrected chi connectivity index (χ2v) is 6.57. The highest BCUT2D eigenvalue weighted by molar-refractivity contribution is 9.10. The minimum absolute atomic E-state index is 0.222. The van der Waals surface area contributed by atoms with Crippen molar-refractivity contribution in [2.45, 2.75) is 39.3 Å². The van der Waals surface area contributed by atoms with E-state index in [4.69, 9.17) is 21.1 Å². The van der Waals surface area contributed by atoms with Crippen LogP contribution in [0.3, 0.4) is 0 Å². The third kappa shape index (κ3) is 6.43. The van der Waals surface area contributed by atoms with E-state index in [2.05, 4.69) is 26.2 Å². The molecule has 0 bridgehead atoms. The fraction of sp³-hybridized carbons (Fsp3) is 0.538. The van der Waals surface area contributed by atoms with Crippen molar-refractivity contribution in [3.63, 3.8) is 0 Å². The van der Waals surface area contributed by atoms with Gasteiger partial charge in [0, 0.05) is 10.7 Å². The number of alkyl carbamates (subject to hydrolysis) is 1. The molecule has 1 amide bonds. The minimum Gasteiger partial charge on any atom is -0.488 e. The molecule has 5 nitrogen and oxygen atoms in total. The molecular formula is C13H18BrClN2O3. The van der Waals surface area contributed by atoms with Crippen molar-refractivity contribution in [2.75, 3.05) is 6.61 Å². The zero-order chi connectivity index (χ0) is 15.3. The van der Waals surface area contributed by atoms with Crippen LogP contribution in [0.4, 0.5) is 4.79 Å². The molecule has 1 atom stereocenters. The Morgan fingerprint density at radius 2 is 2.20 bits per heavy atom. The molecule has 0 unspecified atom stereocenters. The van der Waals surface area contributed by atoms with Gasteiger partial charge in [-0.2, -0.15) is 0 Å². The number of hydrogen-bond donors (Lipinski definition) is 1. The molecule has 0 spiro atoms. The third-order valence-electron chi connectivity index (χ3n) is 2.03. The van der Waals surface area contributed by atoms with Gasteiger partial charge in [0.1, 0.15) is 12.2 Å². The van der Waals surface area contributed by atoms with Gasteiger partial charge in [0.15, 0.2) is 10.9 Å². The Kier molecular flexibility index (Phi) is 6.07. The molecule has 0 saturated carbocycles. The summed E-state index contributed by atoms with van der Waals surface area (Å²) >= 11 is 9.19. The molecule has 0 radical (unpaired) electrons. The largest absolute Gasteiger partial charge is 0.488 e. The number of carbonyl (C=O) groups is 1. The Labute approximate surface area is 132 Å². The van der Waals surface area contributed by atoms with E-state index >= 15 is 0 Å². The fourth-order valence-corrected chi connectivity index (χ4v) is 1.74. The van der Waals surface area contributed by atoms with Crippen LogP contribution in [0.15, 0.2) is 16.7 Å². The number of rotatable bonds is 4. The monoisotopic (exact) mass is 364 g/mol. The number of nitrogens with zero attached hydrogens (tertiary/aromatic N) is 1. The van der Waals surface area contributed by atoms with Crippen LogP contribution in [0.25, 0.3) is 0 Å². The lowest BCUT2D eigenvalue weighted by Crippen LogP contribution is -2.40. The summed E-state index contributed by atoms with van der Waals surface area (Å²) in [7, 11) is 0. The van der Waals surface area contributed by atoms with Gasteiger partial charge in [-0.15, -0.1) is 0 Å². The Hall–Kier alpha value is -1.01. The van der Waals surface area contributed by atoms with E-state index in [0.29, 0.717) is 5.75 Å². The summed E-state index contributed by atoms with van der Waals surface area (Å²) < 4.78 is 11.4. The molecule has 7 heteroatoms. The van der Waals surface area contributed by atoms with Crippen LogP contribution in [-0.4, -0.2) is 29.3 Å². The van der Waals surface area contributed by atoms with Crippen molar-refractivity contribution in [1.82, 2.24) is 10.3 Å². The number of amides is 1. The lowest BCUT2D eigenvalue weighted by Gasteiger charge is -2.22. The fourth-order valence-electron chi connectivity index (χ4n) is 1.27. The third-order valence-corrected chi connectivity index (χ3v) is 2.74. The molecule has 1 rings (SSSR count). The number of halogens is 2. The van der Waals surface area contributed by atoms with Gasteiger partial charge in [-0.1, -0.05) is 11.6 Å². The summed E-state index contributed by atoms with van der Waals surface area (Å²) in [5, 5.41) is 2.95. The highest BCUT2D eigenvalue weighted by atomic mass is 79.9. The first-order valence-electron chi connectivity index (χ1n) is 6.11. The molecule has 0 fully saturated rings. The topological polar surface area (TPSA) is 60.5 Å². The maximum atomic E-state index is 11.6. The van der Waals surface area contributed by atoms with Gasteiger partial charge in [-0.3, -0.25) is 0 Å². The van der Waals surface area contributed by atoms with Gasteiger partial charge in [0.2, 0.25) is 0 Å². The van der Waals surface area contributed by atoms with Crippen LogP contribution in [0.2, 0.25) is 5.15 Å². The van der Waals surface area contributed by atoms with E-state index in [1.807, 2.05) is 6.92 Å². The van der Waals surface area contributed by atoms with Gasteiger partial charge < -0.3 is 14.8 Å². The van der Waals surface area contributed by atoms with Crippen LogP contribution in [0, 0.1) is 0 Å². The normalized spacial score (nSPS) is 12.7. The number of carbonyl (C=O) groups excluding carboxylic acids is 1. The lowest BCUT2D eigenvalue weighted by atomic mass is 10.2. The molecular weight excluding hydrogens is 348 g/mol. The van der Waals surface area contributed by atoms with E-state index < -0.39 is 11.7 Å². The number of aromatic nitrogens is 1. The van der Waals surface area contributed by atoms with Crippen LogP contribution < -0.4 is 10.1 Å². The van der Waals surface area contributed by atoms with E-state index in [-0.39, 0.29) is 17.8 Å². The smallest absolute Gasteiger partial charge is 0.407 e. The zero-order valence-electron chi connectivity index (χ0n) is 11.9. The second kappa shape index (κ2) is 7.13. The standard InChI is InChI=1S/C13H18BrClN2O3/c1-8(17-12(18)20-13(2,3)4)7-19-10-5-9(14)6-16-11(10)15/h5-6,8H,7H2,1-4H3,(H,17,18)/t8-/m1/s1. The van der Waals surface area contributed by atoms with Gasteiger partial charge in [-0.25, -0.2) is 9.78 Å². The van der Waals surface area contributed by atoms with Crippen LogP contribution in [0.5, 0.6) is 5.75 Å². The van der Waals surface area contributed by atoms with Crippen LogP contribution in [-0.2, 0) is 4.74 Å². The predicted octanol–water partition coefficient (Wildman–Crippen LogP) is 3.79. The average molecular weight is 366 g/mol. The molecule has 20 heavy (non-hydrogen) atoms. The highest BCUT2D eigenvalue weighted by Crippen LogP contribution is 2.25. The SMILES string of the molecule is C[C@H](COc1cc(Br)cnc1Cl)NC(=O)OC(C)(C)C. The van der Waals surface area contributed by atoms with Crippen LogP contribution >= 0.6 is 27.5 Å². The summed E-state index contributed by atoms with van der Waals surface area (Å²) in [6, 6.07) is 1.50. The predicted molar refractivity (Wildman–Crippen MR) is 81.3 cm³/mol. The summed E-state index contributed by atoms with van der Waals surface area (Å²) in [5.74, 6) is 0.457.